The fourth-order valence-electron chi connectivity index (χ4n) is 1.39. The summed E-state index contributed by atoms with van der Waals surface area (Å²) in [5.74, 6) is 0. The number of aryl methyl sites for hydroxylation is 1. The van der Waals surface area contributed by atoms with Gasteiger partial charge in [-0.15, -0.1) is 5.10 Å². The molecule has 0 aliphatic rings. The van der Waals surface area contributed by atoms with E-state index >= 15 is 0 Å². The molecule has 0 aliphatic heterocycles. The number of halogens is 4. The van der Waals surface area contributed by atoms with E-state index in [0.717, 1.165) is 20.0 Å². The molecule has 0 unspecified atom stereocenters. The molecule has 0 radical (unpaired) electrons. The smallest absolute Gasteiger partial charge is 0.220 e. The SMILES string of the molecule is Cc1cc(I)ccc1-n1cc(C(F)(F)F)nn1. The van der Waals surface area contributed by atoms with E-state index in [4.69, 9.17) is 0 Å². The van der Waals surface area contributed by atoms with E-state index in [9.17, 15) is 13.2 Å². The van der Waals surface area contributed by atoms with Gasteiger partial charge in [-0.2, -0.15) is 13.2 Å². The number of aromatic nitrogens is 3. The fourth-order valence-corrected chi connectivity index (χ4v) is 2.03. The minimum Gasteiger partial charge on any atom is -0.220 e. The molecular weight excluding hydrogens is 346 g/mol. The minimum absolute atomic E-state index is 0.591. The van der Waals surface area contributed by atoms with E-state index < -0.39 is 11.9 Å². The van der Waals surface area contributed by atoms with Crippen molar-refractivity contribution in [1.29, 1.82) is 0 Å². The van der Waals surface area contributed by atoms with Gasteiger partial charge >= 0.3 is 6.18 Å². The zero-order chi connectivity index (χ0) is 12.6. The third-order valence-electron chi connectivity index (χ3n) is 2.19. The largest absolute Gasteiger partial charge is 0.436 e. The molecule has 3 nitrogen and oxygen atoms in total. The zero-order valence-electron chi connectivity index (χ0n) is 8.66. The third-order valence-corrected chi connectivity index (χ3v) is 2.86. The van der Waals surface area contributed by atoms with Crippen molar-refractivity contribution in [3.05, 3.63) is 39.2 Å². The van der Waals surface area contributed by atoms with Gasteiger partial charge in [0.2, 0.25) is 0 Å². The van der Waals surface area contributed by atoms with E-state index in [1.165, 1.54) is 0 Å². The molecule has 2 aromatic rings. The van der Waals surface area contributed by atoms with Crippen LogP contribution in [0.2, 0.25) is 0 Å². The van der Waals surface area contributed by atoms with Crippen LogP contribution in [0.1, 0.15) is 11.3 Å². The van der Waals surface area contributed by atoms with Gasteiger partial charge in [-0.1, -0.05) is 5.21 Å². The minimum atomic E-state index is -4.46. The van der Waals surface area contributed by atoms with Gasteiger partial charge in [-0.05, 0) is 53.3 Å². The first-order valence-electron chi connectivity index (χ1n) is 4.64. The molecule has 7 heteroatoms. The summed E-state index contributed by atoms with van der Waals surface area (Å²) < 4.78 is 39.2. The lowest BCUT2D eigenvalue weighted by molar-refractivity contribution is -0.141. The van der Waals surface area contributed by atoms with E-state index in [1.807, 2.05) is 13.0 Å². The molecule has 17 heavy (non-hydrogen) atoms. The Morgan fingerprint density at radius 1 is 1.29 bits per heavy atom. The number of nitrogens with zero attached hydrogens (tertiary/aromatic N) is 3. The Bertz CT molecular complexity index is 548. The molecule has 1 aromatic carbocycles. The molecule has 1 heterocycles. The number of rotatable bonds is 1. The van der Waals surface area contributed by atoms with Gasteiger partial charge in [0.05, 0.1) is 11.9 Å². The summed E-state index contributed by atoms with van der Waals surface area (Å²) in [5, 5.41) is 6.60. The average molecular weight is 353 g/mol. The molecule has 0 saturated heterocycles. The van der Waals surface area contributed by atoms with Crippen LogP contribution in [0.4, 0.5) is 13.2 Å². The van der Waals surface area contributed by atoms with E-state index in [0.29, 0.717) is 5.69 Å². The van der Waals surface area contributed by atoms with Crippen molar-refractivity contribution >= 4 is 22.6 Å². The van der Waals surface area contributed by atoms with Gasteiger partial charge in [-0.3, -0.25) is 0 Å². The second-order valence-electron chi connectivity index (χ2n) is 3.48. The van der Waals surface area contributed by atoms with Crippen molar-refractivity contribution in [2.75, 3.05) is 0 Å². The van der Waals surface area contributed by atoms with Gasteiger partial charge in [0.15, 0.2) is 5.69 Å². The van der Waals surface area contributed by atoms with E-state index in [-0.39, 0.29) is 0 Å². The Labute approximate surface area is 109 Å². The lowest BCUT2D eigenvalue weighted by atomic mass is 10.2. The molecule has 0 fully saturated rings. The summed E-state index contributed by atoms with van der Waals surface area (Å²) in [4.78, 5) is 0. The molecule has 0 aliphatic carbocycles. The van der Waals surface area contributed by atoms with Crippen LogP contribution in [-0.4, -0.2) is 15.0 Å². The van der Waals surface area contributed by atoms with Gasteiger partial charge in [0.1, 0.15) is 0 Å². The highest BCUT2D eigenvalue weighted by Crippen LogP contribution is 2.27. The summed E-state index contributed by atoms with van der Waals surface area (Å²) in [7, 11) is 0. The molecule has 0 saturated carbocycles. The van der Waals surface area contributed by atoms with Crippen molar-refractivity contribution in [2.45, 2.75) is 13.1 Å². The second-order valence-corrected chi connectivity index (χ2v) is 4.72. The van der Waals surface area contributed by atoms with Gasteiger partial charge in [0, 0.05) is 3.57 Å². The highest BCUT2D eigenvalue weighted by molar-refractivity contribution is 14.1. The Balaban J connectivity index is 2.44. The van der Waals surface area contributed by atoms with Gasteiger partial charge in [0.25, 0.3) is 0 Å². The summed E-state index contributed by atoms with van der Waals surface area (Å²) in [6.45, 7) is 1.81. The van der Waals surface area contributed by atoms with E-state index in [1.54, 1.807) is 12.1 Å². The molecule has 0 bridgehead atoms. The predicted octanol–water partition coefficient (Wildman–Crippen LogP) is 3.20. The normalized spacial score (nSPS) is 11.8. The van der Waals surface area contributed by atoms with Crippen LogP contribution < -0.4 is 0 Å². The maximum absolute atomic E-state index is 12.4. The average Bonchev–Trinajstić information content (AvgIpc) is 2.65. The number of hydrogen-bond acceptors (Lipinski definition) is 2. The van der Waals surface area contributed by atoms with Crippen LogP contribution in [0.25, 0.3) is 5.69 Å². The molecule has 0 amide bonds. The van der Waals surface area contributed by atoms with Gasteiger partial charge < -0.3 is 0 Å². The summed E-state index contributed by atoms with van der Waals surface area (Å²) in [6.07, 6.45) is -3.58. The topological polar surface area (TPSA) is 30.7 Å². The van der Waals surface area contributed by atoms with Crippen LogP contribution >= 0.6 is 22.6 Å². The van der Waals surface area contributed by atoms with Crippen LogP contribution in [0, 0.1) is 10.5 Å². The Morgan fingerprint density at radius 3 is 2.53 bits per heavy atom. The van der Waals surface area contributed by atoms with Crippen molar-refractivity contribution in [2.24, 2.45) is 0 Å². The number of alkyl halides is 3. The second kappa shape index (κ2) is 4.28. The zero-order valence-corrected chi connectivity index (χ0v) is 10.8. The van der Waals surface area contributed by atoms with Crippen LogP contribution in [-0.2, 0) is 6.18 Å². The summed E-state index contributed by atoms with van der Waals surface area (Å²) >= 11 is 2.13. The lowest BCUT2D eigenvalue weighted by Gasteiger charge is -2.05. The fraction of sp³-hybridized carbons (Fsp3) is 0.200. The first-order valence-corrected chi connectivity index (χ1v) is 5.72. The number of hydrogen-bond donors (Lipinski definition) is 0. The predicted molar refractivity (Wildman–Crippen MR) is 63.8 cm³/mol. The Morgan fingerprint density at radius 2 is 2.00 bits per heavy atom. The molecule has 2 rings (SSSR count). The summed E-state index contributed by atoms with van der Waals surface area (Å²) in [6, 6.07) is 5.38. The standard InChI is InChI=1S/C10H7F3IN3/c1-6-4-7(14)2-3-8(6)17-5-9(15-16-17)10(11,12)13/h2-5H,1H3. The van der Waals surface area contributed by atoms with Crippen molar-refractivity contribution in [1.82, 2.24) is 15.0 Å². The molecule has 0 spiro atoms. The maximum Gasteiger partial charge on any atom is 0.436 e. The molecule has 0 N–H and O–H groups in total. The van der Waals surface area contributed by atoms with Crippen molar-refractivity contribution < 1.29 is 13.2 Å². The van der Waals surface area contributed by atoms with Crippen molar-refractivity contribution in [3.63, 3.8) is 0 Å². The van der Waals surface area contributed by atoms with E-state index in [2.05, 4.69) is 32.9 Å². The first-order chi connectivity index (χ1) is 7.88. The highest BCUT2D eigenvalue weighted by Gasteiger charge is 2.34. The van der Waals surface area contributed by atoms with Crippen LogP contribution in [0.3, 0.4) is 0 Å². The van der Waals surface area contributed by atoms with Crippen LogP contribution in [0.15, 0.2) is 24.4 Å². The Kier molecular flexibility index (Phi) is 3.11. The quantitative estimate of drug-likeness (QED) is 0.738. The third kappa shape index (κ3) is 2.59. The highest BCUT2D eigenvalue weighted by atomic mass is 127. The molecular formula is C10H7F3IN3. The monoisotopic (exact) mass is 353 g/mol. The first kappa shape index (κ1) is 12.3. The summed E-state index contributed by atoms with van der Waals surface area (Å²) in [5.41, 5.74) is 0.444. The van der Waals surface area contributed by atoms with Crippen LogP contribution in [0.5, 0.6) is 0 Å². The maximum atomic E-state index is 12.4. The number of benzene rings is 1. The molecule has 90 valence electrons. The Hall–Kier alpha value is -1.12. The molecule has 0 atom stereocenters. The van der Waals surface area contributed by atoms with Gasteiger partial charge in [-0.25, -0.2) is 4.68 Å². The molecule has 1 aromatic heterocycles. The van der Waals surface area contributed by atoms with Crippen molar-refractivity contribution in [3.8, 4) is 5.69 Å². The lowest BCUT2D eigenvalue weighted by Crippen LogP contribution is -2.05.